The van der Waals surface area contributed by atoms with Gasteiger partial charge in [0.15, 0.2) is 0 Å². The first-order valence-corrected chi connectivity index (χ1v) is 7.14. The summed E-state index contributed by atoms with van der Waals surface area (Å²) < 4.78 is 1.87. The lowest BCUT2D eigenvalue weighted by atomic mass is 9.90. The van der Waals surface area contributed by atoms with Crippen LogP contribution in [0.15, 0.2) is 30.7 Å². The van der Waals surface area contributed by atoms with Crippen molar-refractivity contribution < 1.29 is 4.79 Å². The second kappa shape index (κ2) is 5.25. The van der Waals surface area contributed by atoms with Gasteiger partial charge in [-0.05, 0) is 30.9 Å². The molecule has 5 heteroatoms. The van der Waals surface area contributed by atoms with Crippen LogP contribution in [0.4, 0.5) is 0 Å². The fourth-order valence-electron chi connectivity index (χ4n) is 3.07. The summed E-state index contributed by atoms with van der Waals surface area (Å²) in [5.41, 5.74) is 7.41. The van der Waals surface area contributed by atoms with E-state index in [4.69, 9.17) is 5.73 Å². The van der Waals surface area contributed by atoms with Gasteiger partial charge in [-0.25, -0.2) is 4.98 Å². The molecule has 0 saturated carbocycles. The molecule has 1 aliphatic rings. The maximum absolute atomic E-state index is 12.7. The zero-order valence-corrected chi connectivity index (χ0v) is 11.7. The number of carbonyl (C=O) groups is 1. The molecular weight excluding hydrogens is 252 g/mol. The number of likely N-dealkylation sites (tertiary alicyclic amines) is 1. The minimum absolute atomic E-state index is 0.0719. The van der Waals surface area contributed by atoms with E-state index in [1.807, 2.05) is 33.8 Å². The highest BCUT2D eigenvalue weighted by Crippen LogP contribution is 2.24. The molecule has 1 aliphatic heterocycles. The molecule has 1 fully saturated rings. The van der Waals surface area contributed by atoms with Crippen LogP contribution in [-0.2, 0) is 0 Å². The Morgan fingerprint density at radius 2 is 2.35 bits per heavy atom. The summed E-state index contributed by atoms with van der Waals surface area (Å²) in [6, 6.07) is 3.87. The van der Waals surface area contributed by atoms with Gasteiger partial charge in [-0.2, -0.15) is 0 Å². The summed E-state index contributed by atoms with van der Waals surface area (Å²) in [4.78, 5) is 18.8. The predicted octanol–water partition coefficient (Wildman–Crippen LogP) is 1.53. The SMILES string of the molecule is C[C@H]1CCCN(C(=O)c2ccc3nccn3c2)[C@@H]1CN. The van der Waals surface area contributed by atoms with Gasteiger partial charge in [-0.15, -0.1) is 0 Å². The Morgan fingerprint density at radius 3 is 3.15 bits per heavy atom. The van der Waals surface area contributed by atoms with Crippen LogP contribution >= 0.6 is 0 Å². The number of aromatic nitrogens is 2. The lowest BCUT2D eigenvalue weighted by molar-refractivity contribution is 0.0532. The summed E-state index contributed by atoms with van der Waals surface area (Å²) in [5, 5.41) is 0. The van der Waals surface area contributed by atoms with E-state index in [-0.39, 0.29) is 11.9 Å². The summed E-state index contributed by atoms with van der Waals surface area (Å²) >= 11 is 0. The number of hydrogen-bond acceptors (Lipinski definition) is 3. The summed E-state index contributed by atoms with van der Waals surface area (Å²) in [5.74, 6) is 0.539. The van der Waals surface area contributed by atoms with Gasteiger partial charge in [0, 0.05) is 37.7 Å². The van der Waals surface area contributed by atoms with Crippen molar-refractivity contribution in [1.29, 1.82) is 0 Å². The Labute approximate surface area is 118 Å². The van der Waals surface area contributed by atoms with E-state index in [9.17, 15) is 4.79 Å². The molecule has 2 N–H and O–H groups in total. The largest absolute Gasteiger partial charge is 0.334 e. The minimum Gasteiger partial charge on any atom is -0.334 e. The number of carbonyl (C=O) groups excluding carboxylic acids is 1. The van der Waals surface area contributed by atoms with Crippen molar-refractivity contribution in [3.8, 4) is 0 Å². The zero-order chi connectivity index (χ0) is 14.1. The number of pyridine rings is 1. The van der Waals surface area contributed by atoms with Crippen LogP contribution in [0.5, 0.6) is 0 Å². The highest BCUT2D eigenvalue weighted by Gasteiger charge is 2.31. The van der Waals surface area contributed by atoms with Gasteiger partial charge >= 0.3 is 0 Å². The third-order valence-electron chi connectivity index (χ3n) is 4.25. The van der Waals surface area contributed by atoms with Crippen molar-refractivity contribution in [2.75, 3.05) is 13.1 Å². The molecule has 106 valence electrons. The summed E-state index contributed by atoms with van der Waals surface area (Å²) in [6.45, 7) is 3.50. The predicted molar refractivity (Wildman–Crippen MR) is 77.5 cm³/mol. The molecule has 2 aromatic rings. The third-order valence-corrected chi connectivity index (χ3v) is 4.25. The number of nitrogens with two attached hydrogens (primary N) is 1. The Balaban J connectivity index is 1.90. The molecule has 5 nitrogen and oxygen atoms in total. The van der Waals surface area contributed by atoms with Crippen molar-refractivity contribution in [1.82, 2.24) is 14.3 Å². The van der Waals surface area contributed by atoms with Gasteiger partial charge in [-0.3, -0.25) is 4.79 Å². The number of piperidine rings is 1. The number of hydrogen-bond donors (Lipinski definition) is 1. The lowest BCUT2D eigenvalue weighted by Gasteiger charge is -2.39. The van der Waals surface area contributed by atoms with Gasteiger partial charge in [-0.1, -0.05) is 6.92 Å². The molecule has 0 spiro atoms. The minimum atomic E-state index is 0.0719. The number of amides is 1. The van der Waals surface area contributed by atoms with Crippen LogP contribution in [-0.4, -0.2) is 39.3 Å². The Hall–Kier alpha value is -1.88. The van der Waals surface area contributed by atoms with Crippen LogP contribution < -0.4 is 5.73 Å². The van der Waals surface area contributed by atoms with Crippen molar-refractivity contribution in [3.05, 3.63) is 36.3 Å². The van der Waals surface area contributed by atoms with Gasteiger partial charge in [0.25, 0.3) is 5.91 Å². The van der Waals surface area contributed by atoms with Crippen molar-refractivity contribution in [2.45, 2.75) is 25.8 Å². The van der Waals surface area contributed by atoms with E-state index < -0.39 is 0 Å². The van der Waals surface area contributed by atoms with Gasteiger partial charge < -0.3 is 15.0 Å². The Morgan fingerprint density at radius 1 is 1.50 bits per heavy atom. The molecule has 0 unspecified atom stereocenters. The van der Waals surface area contributed by atoms with Crippen molar-refractivity contribution >= 4 is 11.6 Å². The molecule has 0 aliphatic carbocycles. The van der Waals surface area contributed by atoms with Crippen LogP contribution in [0.2, 0.25) is 0 Å². The summed E-state index contributed by atoms with van der Waals surface area (Å²) in [7, 11) is 0. The molecule has 0 radical (unpaired) electrons. The highest BCUT2D eigenvalue weighted by molar-refractivity contribution is 5.94. The zero-order valence-electron chi connectivity index (χ0n) is 11.7. The average Bonchev–Trinajstić information content (AvgIpc) is 2.93. The fourth-order valence-corrected chi connectivity index (χ4v) is 3.07. The van der Waals surface area contributed by atoms with E-state index in [0.29, 0.717) is 18.0 Å². The average molecular weight is 272 g/mol. The number of fused-ring (bicyclic) bond motifs is 1. The van der Waals surface area contributed by atoms with Gasteiger partial charge in [0.2, 0.25) is 0 Å². The number of nitrogens with zero attached hydrogens (tertiary/aromatic N) is 3. The van der Waals surface area contributed by atoms with Crippen LogP contribution in [0.3, 0.4) is 0 Å². The molecule has 3 rings (SSSR count). The van der Waals surface area contributed by atoms with Gasteiger partial charge in [0.1, 0.15) is 5.65 Å². The molecule has 0 aromatic carbocycles. The number of imidazole rings is 1. The van der Waals surface area contributed by atoms with E-state index in [0.717, 1.165) is 25.0 Å². The van der Waals surface area contributed by atoms with E-state index >= 15 is 0 Å². The second-order valence-corrected chi connectivity index (χ2v) is 5.53. The van der Waals surface area contributed by atoms with Gasteiger partial charge in [0.05, 0.1) is 5.56 Å². The molecule has 20 heavy (non-hydrogen) atoms. The van der Waals surface area contributed by atoms with E-state index in [2.05, 4.69) is 11.9 Å². The molecule has 2 atom stereocenters. The lowest BCUT2D eigenvalue weighted by Crippen LogP contribution is -2.51. The Bertz CT molecular complexity index is 621. The standard InChI is InChI=1S/C15H20N4O/c1-11-3-2-7-19(13(11)9-16)15(20)12-4-5-14-17-6-8-18(14)10-12/h4-6,8,10-11,13H,2-3,7,9,16H2,1H3/t11-,13+/m0/s1. The van der Waals surface area contributed by atoms with E-state index in [1.165, 1.54) is 0 Å². The number of rotatable bonds is 2. The highest BCUT2D eigenvalue weighted by atomic mass is 16.2. The maximum Gasteiger partial charge on any atom is 0.255 e. The maximum atomic E-state index is 12.7. The monoisotopic (exact) mass is 272 g/mol. The smallest absolute Gasteiger partial charge is 0.255 e. The van der Waals surface area contributed by atoms with Crippen LogP contribution in [0.25, 0.3) is 5.65 Å². The normalized spacial score (nSPS) is 23.2. The quantitative estimate of drug-likeness (QED) is 0.902. The second-order valence-electron chi connectivity index (χ2n) is 5.53. The first-order valence-electron chi connectivity index (χ1n) is 7.14. The van der Waals surface area contributed by atoms with Crippen molar-refractivity contribution in [3.63, 3.8) is 0 Å². The molecule has 0 bridgehead atoms. The molecule has 1 saturated heterocycles. The topological polar surface area (TPSA) is 63.6 Å². The molecule has 2 aromatic heterocycles. The van der Waals surface area contributed by atoms with Crippen LogP contribution in [0, 0.1) is 5.92 Å². The van der Waals surface area contributed by atoms with E-state index in [1.54, 1.807) is 6.20 Å². The molecule has 3 heterocycles. The first-order chi connectivity index (χ1) is 9.70. The fraction of sp³-hybridized carbons (Fsp3) is 0.467. The third kappa shape index (κ3) is 2.18. The van der Waals surface area contributed by atoms with Crippen molar-refractivity contribution in [2.24, 2.45) is 11.7 Å². The molecular formula is C15H20N4O. The molecule has 1 amide bonds. The Kier molecular flexibility index (Phi) is 3.44. The summed E-state index contributed by atoms with van der Waals surface area (Å²) in [6.07, 6.45) is 7.63. The first kappa shape index (κ1) is 13.1. The van der Waals surface area contributed by atoms with Crippen LogP contribution in [0.1, 0.15) is 30.1 Å².